The van der Waals surface area contributed by atoms with Crippen LogP contribution < -0.4 is 10.6 Å². The molecule has 1 aromatic rings. The van der Waals surface area contributed by atoms with Crippen molar-refractivity contribution in [1.29, 1.82) is 0 Å². The number of hydrogen-bond donors (Lipinski definition) is 2. The van der Waals surface area contributed by atoms with Gasteiger partial charge in [-0.25, -0.2) is 0 Å². The molecule has 1 aromatic carbocycles. The van der Waals surface area contributed by atoms with Crippen molar-refractivity contribution in [2.24, 2.45) is 0 Å². The lowest BCUT2D eigenvalue weighted by molar-refractivity contribution is 0.241. The molecule has 94 valence electrons. The summed E-state index contributed by atoms with van der Waals surface area (Å²) in [5, 5.41) is 6.89. The van der Waals surface area contributed by atoms with Crippen LogP contribution in [-0.2, 0) is 6.42 Å². The van der Waals surface area contributed by atoms with Gasteiger partial charge in [-0.3, -0.25) is 4.90 Å². The van der Waals surface area contributed by atoms with Crippen LogP contribution in [0.25, 0.3) is 0 Å². The molecule has 2 rings (SSSR count). The molecule has 17 heavy (non-hydrogen) atoms. The van der Waals surface area contributed by atoms with Gasteiger partial charge < -0.3 is 10.6 Å². The zero-order valence-electron chi connectivity index (χ0n) is 10.5. The minimum Gasteiger partial charge on any atom is -0.315 e. The van der Waals surface area contributed by atoms with Crippen LogP contribution in [0.15, 0.2) is 30.3 Å². The third-order valence-electron chi connectivity index (χ3n) is 3.25. The second kappa shape index (κ2) is 7.43. The summed E-state index contributed by atoms with van der Waals surface area (Å²) in [5.41, 5.74) is 1.42. The molecule has 1 aliphatic heterocycles. The Hall–Kier alpha value is -0.900. The number of nitrogens with one attached hydrogen (secondary N) is 2. The number of piperazine rings is 1. The third-order valence-corrected chi connectivity index (χ3v) is 3.25. The average Bonchev–Trinajstić information content (AvgIpc) is 2.41. The van der Waals surface area contributed by atoms with Crippen molar-refractivity contribution in [2.45, 2.75) is 6.42 Å². The van der Waals surface area contributed by atoms with E-state index in [1.165, 1.54) is 25.2 Å². The Balaban J connectivity index is 1.51. The van der Waals surface area contributed by atoms with Gasteiger partial charge >= 0.3 is 0 Å². The van der Waals surface area contributed by atoms with E-state index in [4.69, 9.17) is 0 Å². The lowest BCUT2D eigenvalue weighted by atomic mass is 10.1. The largest absolute Gasteiger partial charge is 0.315 e. The van der Waals surface area contributed by atoms with Crippen LogP contribution in [0.3, 0.4) is 0 Å². The molecule has 2 N–H and O–H groups in total. The normalized spacial score (nSPS) is 17.2. The Bertz CT molecular complexity index is 294. The Labute approximate surface area is 104 Å². The number of benzene rings is 1. The van der Waals surface area contributed by atoms with Crippen molar-refractivity contribution in [2.75, 3.05) is 45.8 Å². The molecule has 0 atom stereocenters. The topological polar surface area (TPSA) is 27.3 Å². The van der Waals surface area contributed by atoms with Gasteiger partial charge in [-0.05, 0) is 18.5 Å². The zero-order chi connectivity index (χ0) is 11.8. The molecule has 0 aliphatic carbocycles. The Morgan fingerprint density at radius 2 is 1.82 bits per heavy atom. The lowest BCUT2D eigenvalue weighted by Gasteiger charge is -2.27. The predicted octanol–water partition coefficient (Wildman–Crippen LogP) is 0.724. The molecule has 3 heteroatoms. The molecule has 0 amide bonds. The Morgan fingerprint density at radius 3 is 2.59 bits per heavy atom. The highest BCUT2D eigenvalue weighted by atomic mass is 15.2. The van der Waals surface area contributed by atoms with Crippen molar-refractivity contribution < 1.29 is 0 Å². The van der Waals surface area contributed by atoms with Gasteiger partial charge in [0.05, 0.1) is 0 Å². The van der Waals surface area contributed by atoms with Gasteiger partial charge in [0.15, 0.2) is 0 Å². The van der Waals surface area contributed by atoms with Crippen LogP contribution in [0, 0.1) is 0 Å². The summed E-state index contributed by atoms with van der Waals surface area (Å²) in [5.74, 6) is 0. The average molecular weight is 233 g/mol. The monoisotopic (exact) mass is 233 g/mol. The highest BCUT2D eigenvalue weighted by molar-refractivity contribution is 5.14. The van der Waals surface area contributed by atoms with Crippen molar-refractivity contribution in [1.82, 2.24) is 15.5 Å². The van der Waals surface area contributed by atoms with Gasteiger partial charge in [0.2, 0.25) is 0 Å². The van der Waals surface area contributed by atoms with Gasteiger partial charge in [-0.1, -0.05) is 30.3 Å². The van der Waals surface area contributed by atoms with Gasteiger partial charge in [0.25, 0.3) is 0 Å². The summed E-state index contributed by atoms with van der Waals surface area (Å²) in [6.45, 7) is 8.04. The fourth-order valence-electron chi connectivity index (χ4n) is 2.17. The van der Waals surface area contributed by atoms with Crippen molar-refractivity contribution in [3.63, 3.8) is 0 Å². The fraction of sp³-hybridized carbons (Fsp3) is 0.571. The molecule has 0 spiro atoms. The Kier molecular flexibility index (Phi) is 5.49. The van der Waals surface area contributed by atoms with Crippen LogP contribution in [0.4, 0.5) is 0 Å². The molecule has 0 unspecified atom stereocenters. The first kappa shape index (κ1) is 12.6. The molecule has 1 fully saturated rings. The zero-order valence-corrected chi connectivity index (χ0v) is 10.5. The van der Waals surface area contributed by atoms with E-state index in [0.29, 0.717) is 0 Å². The van der Waals surface area contributed by atoms with Crippen molar-refractivity contribution >= 4 is 0 Å². The molecule has 0 radical (unpaired) electrons. The molecule has 0 aromatic heterocycles. The first-order chi connectivity index (χ1) is 8.45. The summed E-state index contributed by atoms with van der Waals surface area (Å²) in [6, 6.07) is 10.7. The summed E-state index contributed by atoms with van der Waals surface area (Å²) < 4.78 is 0. The van der Waals surface area contributed by atoms with E-state index in [2.05, 4.69) is 45.9 Å². The molecule has 0 saturated carbocycles. The minimum atomic E-state index is 1.08. The SMILES string of the molecule is c1ccc(CCNCCN2CCNCC2)cc1. The molecule has 1 aliphatic rings. The maximum atomic E-state index is 3.52. The summed E-state index contributed by atoms with van der Waals surface area (Å²) >= 11 is 0. The van der Waals surface area contributed by atoms with Crippen LogP contribution in [0.2, 0.25) is 0 Å². The maximum Gasteiger partial charge on any atom is 0.0108 e. The Morgan fingerprint density at radius 1 is 1.06 bits per heavy atom. The number of rotatable bonds is 6. The summed E-state index contributed by atoms with van der Waals surface area (Å²) in [6.07, 6.45) is 1.13. The van der Waals surface area contributed by atoms with Crippen LogP contribution in [0.1, 0.15) is 5.56 Å². The van der Waals surface area contributed by atoms with Gasteiger partial charge in [0, 0.05) is 39.3 Å². The quantitative estimate of drug-likeness (QED) is 0.709. The predicted molar refractivity (Wildman–Crippen MR) is 72.3 cm³/mol. The highest BCUT2D eigenvalue weighted by Crippen LogP contribution is 1.98. The third kappa shape index (κ3) is 4.86. The molecular weight excluding hydrogens is 210 g/mol. The number of nitrogens with zero attached hydrogens (tertiary/aromatic N) is 1. The second-order valence-electron chi connectivity index (χ2n) is 4.58. The molecule has 3 nitrogen and oxygen atoms in total. The van der Waals surface area contributed by atoms with Gasteiger partial charge in [0.1, 0.15) is 0 Å². The van der Waals surface area contributed by atoms with Crippen LogP contribution in [-0.4, -0.2) is 50.7 Å². The minimum absolute atomic E-state index is 1.08. The molecular formula is C14H23N3. The van der Waals surface area contributed by atoms with Crippen LogP contribution in [0.5, 0.6) is 0 Å². The first-order valence-electron chi connectivity index (χ1n) is 6.63. The van der Waals surface area contributed by atoms with E-state index >= 15 is 0 Å². The van der Waals surface area contributed by atoms with Gasteiger partial charge in [-0.15, -0.1) is 0 Å². The van der Waals surface area contributed by atoms with Crippen molar-refractivity contribution in [3.8, 4) is 0 Å². The van der Waals surface area contributed by atoms with Crippen molar-refractivity contribution in [3.05, 3.63) is 35.9 Å². The smallest absolute Gasteiger partial charge is 0.0108 e. The maximum absolute atomic E-state index is 3.52. The van der Waals surface area contributed by atoms with Crippen LogP contribution >= 0.6 is 0 Å². The van der Waals surface area contributed by atoms with E-state index in [-0.39, 0.29) is 0 Å². The summed E-state index contributed by atoms with van der Waals surface area (Å²) in [7, 11) is 0. The second-order valence-corrected chi connectivity index (χ2v) is 4.58. The van der Waals surface area contributed by atoms with E-state index in [0.717, 1.165) is 32.6 Å². The van der Waals surface area contributed by atoms with Gasteiger partial charge in [-0.2, -0.15) is 0 Å². The molecule has 1 heterocycles. The summed E-state index contributed by atoms with van der Waals surface area (Å²) in [4.78, 5) is 2.52. The molecule has 0 bridgehead atoms. The van der Waals surface area contributed by atoms with E-state index in [1.54, 1.807) is 0 Å². The van der Waals surface area contributed by atoms with E-state index in [9.17, 15) is 0 Å². The lowest BCUT2D eigenvalue weighted by Crippen LogP contribution is -2.45. The fourth-order valence-corrected chi connectivity index (χ4v) is 2.17. The van der Waals surface area contributed by atoms with E-state index in [1.807, 2.05) is 0 Å². The first-order valence-corrected chi connectivity index (χ1v) is 6.63. The number of hydrogen-bond acceptors (Lipinski definition) is 3. The van der Waals surface area contributed by atoms with E-state index < -0.39 is 0 Å². The standard InChI is InChI=1S/C14H23N3/c1-2-4-14(5-3-1)6-7-15-8-11-17-12-9-16-10-13-17/h1-5,15-16H,6-13H2. The highest BCUT2D eigenvalue weighted by Gasteiger charge is 2.07. The molecule has 1 saturated heterocycles.